The first kappa shape index (κ1) is 17.5. The normalized spacial score (nSPS) is 18.4. The Hall–Kier alpha value is -2.59. The van der Waals surface area contributed by atoms with Crippen LogP contribution in [0, 0.1) is 0 Å². The van der Waals surface area contributed by atoms with Crippen molar-refractivity contribution in [1.82, 2.24) is 14.4 Å². The first-order chi connectivity index (χ1) is 13.7. The Balaban J connectivity index is 1.29. The molecule has 1 aliphatic carbocycles. The van der Waals surface area contributed by atoms with Crippen LogP contribution in [0.25, 0.3) is 10.9 Å². The number of para-hydroxylation sites is 1. The quantitative estimate of drug-likeness (QED) is 0.688. The number of aromatic nitrogens is 1. The Morgan fingerprint density at radius 2 is 1.61 bits per heavy atom. The summed E-state index contributed by atoms with van der Waals surface area (Å²) in [6.45, 7) is 3.70. The Labute approximate surface area is 166 Å². The molecule has 2 heterocycles. The van der Waals surface area contributed by atoms with Crippen molar-refractivity contribution in [1.29, 1.82) is 0 Å². The van der Waals surface area contributed by atoms with E-state index in [1.165, 1.54) is 11.1 Å². The van der Waals surface area contributed by atoms with Gasteiger partial charge >= 0.3 is 0 Å². The highest BCUT2D eigenvalue weighted by atomic mass is 16.2. The van der Waals surface area contributed by atoms with Gasteiger partial charge in [-0.2, -0.15) is 0 Å². The number of hydrogen-bond acceptors (Lipinski definition) is 2. The van der Waals surface area contributed by atoms with E-state index in [0.29, 0.717) is 6.04 Å². The molecule has 144 valence electrons. The zero-order valence-corrected chi connectivity index (χ0v) is 16.5. The molecule has 0 saturated carbocycles. The van der Waals surface area contributed by atoms with E-state index in [1.54, 1.807) is 0 Å². The molecule has 0 atom stereocenters. The third-order valence-electron chi connectivity index (χ3n) is 6.53. The number of benzene rings is 2. The molecule has 1 aliphatic heterocycles. The van der Waals surface area contributed by atoms with Gasteiger partial charge in [0.2, 0.25) is 0 Å². The van der Waals surface area contributed by atoms with E-state index in [9.17, 15) is 4.79 Å². The van der Waals surface area contributed by atoms with Gasteiger partial charge in [-0.25, -0.2) is 0 Å². The Bertz CT molecular complexity index is 997. The lowest BCUT2D eigenvalue weighted by atomic mass is 10.1. The van der Waals surface area contributed by atoms with Gasteiger partial charge in [0.15, 0.2) is 0 Å². The standard InChI is InChI=1S/C24H27N3O/c1-25-22-10-5-4-9-20(22)17-23(25)24(28)27-12-6-11-26(13-14-27)21-15-18-7-2-3-8-19(18)16-21/h2-5,7-10,17,21H,6,11-16H2,1H3. The number of nitrogens with zero attached hydrogens (tertiary/aromatic N) is 3. The number of carbonyl (C=O) groups excluding carboxylic acids is 1. The second-order valence-electron chi connectivity index (χ2n) is 8.16. The van der Waals surface area contributed by atoms with Gasteiger partial charge in [0.05, 0.1) is 0 Å². The van der Waals surface area contributed by atoms with Gasteiger partial charge < -0.3 is 9.47 Å². The summed E-state index contributed by atoms with van der Waals surface area (Å²) < 4.78 is 2.04. The number of aryl methyl sites for hydroxylation is 1. The highest BCUT2D eigenvalue weighted by molar-refractivity contribution is 5.98. The maximum Gasteiger partial charge on any atom is 0.270 e. The fourth-order valence-corrected chi connectivity index (χ4v) is 4.96. The lowest BCUT2D eigenvalue weighted by Gasteiger charge is -2.27. The van der Waals surface area contributed by atoms with Crippen molar-refractivity contribution >= 4 is 16.8 Å². The highest BCUT2D eigenvalue weighted by Crippen LogP contribution is 2.26. The van der Waals surface area contributed by atoms with Crippen LogP contribution in [0.3, 0.4) is 0 Å². The molecule has 3 aromatic rings. The van der Waals surface area contributed by atoms with E-state index >= 15 is 0 Å². The summed E-state index contributed by atoms with van der Waals surface area (Å²) in [5.41, 5.74) is 4.91. The van der Waals surface area contributed by atoms with Crippen LogP contribution in [0.1, 0.15) is 28.0 Å². The van der Waals surface area contributed by atoms with Crippen molar-refractivity contribution in [2.24, 2.45) is 7.05 Å². The summed E-state index contributed by atoms with van der Waals surface area (Å²) in [6.07, 6.45) is 3.34. The fourth-order valence-electron chi connectivity index (χ4n) is 4.96. The lowest BCUT2D eigenvalue weighted by molar-refractivity contribution is 0.0749. The molecule has 1 amide bonds. The molecule has 5 rings (SSSR count). The van der Waals surface area contributed by atoms with Gasteiger partial charge in [-0.05, 0) is 42.5 Å². The van der Waals surface area contributed by atoms with E-state index in [-0.39, 0.29) is 5.91 Å². The minimum atomic E-state index is 0.162. The molecule has 28 heavy (non-hydrogen) atoms. The van der Waals surface area contributed by atoms with Crippen molar-refractivity contribution in [3.8, 4) is 0 Å². The second-order valence-corrected chi connectivity index (χ2v) is 8.16. The summed E-state index contributed by atoms with van der Waals surface area (Å²) in [4.78, 5) is 17.9. The Morgan fingerprint density at radius 3 is 2.36 bits per heavy atom. The van der Waals surface area contributed by atoms with Crippen molar-refractivity contribution < 1.29 is 4.79 Å². The van der Waals surface area contributed by atoms with E-state index in [1.807, 2.05) is 29.8 Å². The molecular weight excluding hydrogens is 346 g/mol. The predicted octanol–water partition coefficient (Wildman–Crippen LogP) is 3.49. The first-order valence-electron chi connectivity index (χ1n) is 10.4. The van der Waals surface area contributed by atoms with Crippen molar-refractivity contribution in [2.45, 2.75) is 25.3 Å². The topological polar surface area (TPSA) is 28.5 Å². The van der Waals surface area contributed by atoms with Crippen molar-refractivity contribution in [2.75, 3.05) is 26.2 Å². The van der Waals surface area contributed by atoms with Gasteiger partial charge in [0.1, 0.15) is 5.69 Å². The summed E-state index contributed by atoms with van der Waals surface area (Å²) in [6, 6.07) is 19.7. The van der Waals surface area contributed by atoms with Gasteiger partial charge in [-0.15, -0.1) is 0 Å². The number of carbonyl (C=O) groups is 1. The van der Waals surface area contributed by atoms with E-state index in [4.69, 9.17) is 0 Å². The summed E-state index contributed by atoms with van der Waals surface area (Å²) in [7, 11) is 2.00. The minimum absolute atomic E-state index is 0.162. The molecule has 4 nitrogen and oxygen atoms in total. The molecule has 0 spiro atoms. The third kappa shape index (κ3) is 3.02. The summed E-state index contributed by atoms with van der Waals surface area (Å²) in [5.74, 6) is 0.162. The predicted molar refractivity (Wildman–Crippen MR) is 113 cm³/mol. The number of amides is 1. The zero-order chi connectivity index (χ0) is 19.1. The zero-order valence-electron chi connectivity index (χ0n) is 16.5. The maximum atomic E-state index is 13.2. The van der Waals surface area contributed by atoms with Crippen LogP contribution in [0.4, 0.5) is 0 Å². The average Bonchev–Trinajstić information content (AvgIpc) is 3.20. The second kappa shape index (κ2) is 7.10. The SMILES string of the molecule is Cn1c(C(=O)N2CCCN(C3Cc4ccccc4C3)CC2)cc2ccccc21. The highest BCUT2D eigenvalue weighted by Gasteiger charge is 2.29. The Kier molecular flexibility index (Phi) is 4.44. The summed E-state index contributed by atoms with van der Waals surface area (Å²) in [5, 5.41) is 1.13. The maximum absolute atomic E-state index is 13.2. The molecule has 4 heteroatoms. The van der Waals surface area contributed by atoms with Crippen molar-refractivity contribution in [3.05, 3.63) is 71.4 Å². The Morgan fingerprint density at radius 1 is 0.893 bits per heavy atom. The molecule has 2 aromatic carbocycles. The lowest BCUT2D eigenvalue weighted by Crippen LogP contribution is -2.40. The van der Waals surface area contributed by atoms with Gasteiger partial charge in [-0.3, -0.25) is 9.69 Å². The molecule has 0 bridgehead atoms. The molecule has 0 radical (unpaired) electrons. The molecule has 0 N–H and O–H groups in total. The molecule has 1 aromatic heterocycles. The van der Waals surface area contributed by atoms with Crippen LogP contribution < -0.4 is 0 Å². The van der Waals surface area contributed by atoms with E-state index < -0.39 is 0 Å². The summed E-state index contributed by atoms with van der Waals surface area (Å²) >= 11 is 0. The molecule has 1 saturated heterocycles. The number of fused-ring (bicyclic) bond motifs is 2. The van der Waals surface area contributed by atoms with Crippen LogP contribution >= 0.6 is 0 Å². The van der Waals surface area contributed by atoms with Gasteiger partial charge in [0, 0.05) is 50.2 Å². The number of hydrogen-bond donors (Lipinski definition) is 0. The van der Waals surface area contributed by atoms with Crippen LogP contribution in [-0.2, 0) is 19.9 Å². The van der Waals surface area contributed by atoms with Gasteiger partial charge in [0.25, 0.3) is 5.91 Å². The van der Waals surface area contributed by atoms with E-state index in [2.05, 4.69) is 46.2 Å². The van der Waals surface area contributed by atoms with E-state index in [0.717, 1.165) is 62.0 Å². The van der Waals surface area contributed by atoms with Gasteiger partial charge in [-0.1, -0.05) is 42.5 Å². The van der Waals surface area contributed by atoms with Crippen LogP contribution in [0.5, 0.6) is 0 Å². The minimum Gasteiger partial charge on any atom is -0.340 e. The van der Waals surface area contributed by atoms with Crippen LogP contribution in [0.2, 0.25) is 0 Å². The fraction of sp³-hybridized carbons (Fsp3) is 0.375. The molecule has 0 unspecified atom stereocenters. The smallest absolute Gasteiger partial charge is 0.270 e. The molecule has 1 fully saturated rings. The van der Waals surface area contributed by atoms with Crippen molar-refractivity contribution in [3.63, 3.8) is 0 Å². The largest absolute Gasteiger partial charge is 0.340 e. The van der Waals surface area contributed by atoms with Crippen LogP contribution in [0.15, 0.2) is 54.6 Å². The first-order valence-corrected chi connectivity index (χ1v) is 10.4. The molecular formula is C24H27N3O. The molecule has 2 aliphatic rings. The van der Waals surface area contributed by atoms with Crippen LogP contribution in [-0.4, -0.2) is 52.5 Å². The number of rotatable bonds is 2. The monoisotopic (exact) mass is 373 g/mol. The average molecular weight is 374 g/mol. The third-order valence-corrected chi connectivity index (χ3v) is 6.53.